The van der Waals surface area contributed by atoms with Crippen molar-refractivity contribution in [2.75, 3.05) is 0 Å². The molecule has 0 aliphatic heterocycles. The Labute approximate surface area is 128 Å². The van der Waals surface area contributed by atoms with E-state index in [2.05, 4.69) is 32.7 Å². The fourth-order valence-electron chi connectivity index (χ4n) is 2.66. The van der Waals surface area contributed by atoms with E-state index in [1.54, 1.807) is 6.33 Å². The van der Waals surface area contributed by atoms with Crippen molar-refractivity contribution in [3.8, 4) is 0 Å². The molecular formula is C15H18ClN5. The van der Waals surface area contributed by atoms with Crippen LogP contribution in [0.15, 0.2) is 24.5 Å². The minimum atomic E-state index is -0.128. The number of para-hydroxylation sites is 1. The largest absolute Gasteiger partial charge is 0.326 e. The van der Waals surface area contributed by atoms with E-state index < -0.39 is 0 Å². The molecule has 0 aliphatic rings. The molecule has 2 aromatic heterocycles. The van der Waals surface area contributed by atoms with Crippen LogP contribution >= 0.6 is 11.6 Å². The summed E-state index contributed by atoms with van der Waals surface area (Å²) in [5.74, 6) is 1.86. The number of hydrogen-bond acceptors (Lipinski definition) is 3. The number of hydrogen-bond donors (Lipinski definition) is 0. The van der Waals surface area contributed by atoms with E-state index in [1.165, 1.54) is 5.56 Å². The average molecular weight is 304 g/mol. The van der Waals surface area contributed by atoms with Gasteiger partial charge in [-0.3, -0.25) is 0 Å². The van der Waals surface area contributed by atoms with Crippen molar-refractivity contribution >= 4 is 22.6 Å². The summed E-state index contributed by atoms with van der Waals surface area (Å²) in [5.41, 5.74) is 3.36. The standard InChI is InChI=1S/C15H18ClN5/c1-10-5-4-6-12-14(10)21(15(18-12)11(2)16)8-7-13-19-17-9-20(13)3/h4-6,9,11H,7-8H2,1-3H3. The first-order valence-electron chi connectivity index (χ1n) is 7.00. The lowest BCUT2D eigenvalue weighted by molar-refractivity contribution is 0.632. The summed E-state index contributed by atoms with van der Waals surface area (Å²) < 4.78 is 4.15. The zero-order valence-corrected chi connectivity index (χ0v) is 13.2. The van der Waals surface area contributed by atoms with Gasteiger partial charge in [-0.2, -0.15) is 0 Å². The number of rotatable bonds is 4. The third kappa shape index (κ3) is 2.53. The van der Waals surface area contributed by atoms with Gasteiger partial charge < -0.3 is 9.13 Å². The Morgan fingerprint density at radius 2 is 2.14 bits per heavy atom. The lowest BCUT2D eigenvalue weighted by atomic mass is 10.2. The van der Waals surface area contributed by atoms with Crippen LogP contribution in [0, 0.1) is 6.92 Å². The van der Waals surface area contributed by atoms with Crippen LogP contribution in [0.3, 0.4) is 0 Å². The Morgan fingerprint density at radius 1 is 1.33 bits per heavy atom. The first-order chi connectivity index (χ1) is 10.1. The maximum atomic E-state index is 6.31. The van der Waals surface area contributed by atoms with Crippen LogP contribution in [0.5, 0.6) is 0 Å². The summed E-state index contributed by atoms with van der Waals surface area (Å²) in [6.45, 7) is 4.85. The van der Waals surface area contributed by atoms with Crippen LogP contribution < -0.4 is 0 Å². The highest BCUT2D eigenvalue weighted by atomic mass is 35.5. The van der Waals surface area contributed by atoms with Gasteiger partial charge in [0.25, 0.3) is 0 Å². The summed E-state index contributed by atoms with van der Waals surface area (Å²) in [7, 11) is 1.96. The summed E-state index contributed by atoms with van der Waals surface area (Å²) in [5, 5.41) is 7.93. The van der Waals surface area contributed by atoms with Crippen LogP contribution in [-0.2, 0) is 20.0 Å². The molecule has 110 valence electrons. The molecule has 0 radical (unpaired) electrons. The molecule has 0 saturated carbocycles. The Morgan fingerprint density at radius 3 is 2.81 bits per heavy atom. The number of nitrogens with zero attached hydrogens (tertiary/aromatic N) is 5. The number of benzene rings is 1. The second-order valence-electron chi connectivity index (χ2n) is 5.29. The number of imidazole rings is 1. The summed E-state index contributed by atoms with van der Waals surface area (Å²) in [6.07, 6.45) is 2.52. The smallest absolute Gasteiger partial charge is 0.134 e. The number of aromatic nitrogens is 5. The molecule has 0 fully saturated rings. The van der Waals surface area contributed by atoms with E-state index in [-0.39, 0.29) is 5.38 Å². The van der Waals surface area contributed by atoms with Crippen LogP contribution in [-0.4, -0.2) is 24.3 Å². The van der Waals surface area contributed by atoms with Gasteiger partial charge in [-0.1, -0.05) is 12.1 Å². The maximum absolute atomic E-state index is 6.31. The molecule has 21 heavy (non-hydrogen) atoms. The molecular weight excluding hydrogens is 286 g/mol. The molecule has 0 N–H and O–H groups in total. The Kier molecular flexibility index (Phi) is 3.68. The van der Waals surface area contributed by atoms with Crippen LogP contribution in [0.4, 0.5) is 0 Å². The van der Waals surface area contributed by atoms with Crippen molar-refractivity contribution in [1.29, 1.82) is 0 Å². The topological polar surface area (TPSA) is 48.5 Å². The van der Waals surface area contributed by atoms with Crippen molar-refractivity contribution in [1.82, 2.24) is 24.3 Å². The molecule has 0 saturated heterocycles. The lowest BCUT2D eigenvalue weighted by Crippen LogP contribution is -2.10. The molecule has 1 unspecified atom stereocenters. The SMILES string of the molecule is Cc1cccc2nc(C(C)Cl)n(CCc3nncn3C)c12. The van der Waals surface area contributed by atoms with E-state index in [0.29, 0.717) is 0 Å². The highest BCUT2D eigenvalue weighted by molar-refractivity contribution is 6.20. The first-order valence-corrected chi connectivity index (χ1v) is 7.44. The zero-order chi connectivity index (χ0) is 15.0. The van der Waals surface area contributed by atoms with Gasteiger partial charge in [0.2, 0.25) is 0 Å². The summed E-state index contributed by atoms with van der Waals surface area (Å²) in [6, 6.07) is 6.16. The molecule has 2 heterocycles. The second-order valence-corrected chi connectivity index (χ2v) is 5.94. The average Bonchev–Trinajstić information content (AvgIpc) is 3.01. The van der Waals surface area contributed by atoms with Crippen LogP contribution in [0.25, 0.3) is 11.0 Å². The molecule has 3 rings (SSSR count). The van der Waals surface area contributed by atoms with E-state index in [9.17, 15) is 0 Å². The predicted octanol–water partition coefficient (Wildman–Crippen LogP) is 3.02. The van der Waals surface area contributed by atoms with Gasteiger partial charge in [-0.05, 0) is 25.5 Å². The van der Waals surface area contributed by atoms with Gasteiger partial charge >= 0.3 is 0 Å². The second kappa shape index (κ2) is 5.48. The molecule has 0 bridgehead atoms. The van der Waals surface area contributed by atoms with Gasteiger partial charge in [0.15, 0.2) is 0 Å². The van der Waals surface area contributed by atoms with Gasteiger partial charge in [0.1, 0.15) is 18.0 Å². The minimum absolute atomic E-state index is 0.128. The number of halogens is 1. The van der Waals surface area contributed by atoms with Crippen molar-refractivity contribution in [3.63, 3.8) is 0 Å². The first kappa shape index (κ1) is 14.1. The molecule has 0 aliphatic carbocycles. The van der Waals surface area contributed by atoms with E-state index in [1.807, 2.05) is 30.7 Å². The van der Waals surface area contributed by atoms with Crippen LogP contribution in [0.2, 0.25) is 0 Å². The molecule has 5 nitrogen and oxygen atoms in total. The maximum Gasteiger partial charge on any atom is 0.134 e. The third-order valence-electron chi connectivity index (χ3n) is 3.72. The highest BCUT2D eigenvalue weighted by Gasteiger charge is 2.16. The Hall–Kier alpha value is -1.88. The van der Waals surface area contributed by atoms with Gasteiger partial charge in [-0.25, -0.2) is 4.98 Å². The summed E-state index contributed by atoms with van der Waals surface area (Å²) >= 11 is 6.31. The normalized spacial score (nSPS) is 13.0. The molecule has 1 aromatic carbocycles. The third-order valence-corrected chi connectivity index (χ3v) is 3.91. The van der Waals surface area contributed by atoms with Gasteiger partial charge in [-0.15, -0.1) is 21.8 Å². The highest BCUT2D eigenvalue weighted by Crippen LogP contribution is 2.26. The zero-order valence-electron chi connectivity index (χ0n) is 12.4. The number of alkyl halides is 1. The fraction of sp³-hybridized carbons (Fsp3) is 0.400. The minimum Gasteiger partial charge on any atom is -0.326 e. The molecule has 6 heteroatoms. The van der Waals surface area contributed by atoms with Gasteiger partial charge in [0.05, 0.1) is 16.4 Å². The molecule has 0 amide bonds. The van der Waals surface area contributed by atoms with E-state index in [4.69, 9.17) is 11.6 Å². The number of aryl methyl sites for hydroxylation is 4. The predicted molar refractivity (Wildman–Crippen MR) is 83.4 cm³/mol. The Bertz CT molecular complexity index is 772. The van der Waals surface area contributed by atoms with Gasteiger partial charge in [0, 0.05) is 20.0 Å². The molecule has 3 aromatic rings. The van der Waals surface area contributed by atoms with Crippen molar-refractivity contribution in [2.45, 2.75) is 32.2 Å². The Balaban J connectivity index is 2.03. The van der Waals surface area contributed by atoms with E-state index in [0.717, 1.165) is 35.6 Å². The van der Waals surface area contributed by atoms with E-state index >= 15 is 0 Å². The molecule has 0 spiro atoms. The lowest BCUT2D eigenvalue weighted by Gasteiger charge is -2.11. The fourth-order valence-corrected chi connectivity index (χ4v) is 2.83. The number of fused-ring (bicyclic) bond motifs is 1. The van der Waals surface area contributed by atoms with Crippen molar-refractivity contribution in [3.05, 3.63) is 41.7 Å². The monoisotopic (exact) mass is 303 g/mol. The quantitative estimate of drug-likeness (QED) is 0.696. The van der Waals surface area contributed by atoms with Crippen LogP contribution in [0.1, 0.15) is 29.5 Å². The van der Waals surface area contributed by atoms with Crippen molar-refractivity contribution in [2.24, 2.45) is 7.05 Å². The molecule has 1 atom stereocenters. The summed E-state index contributed by atoms with van der Waals surface area (Å²) in [4.78, 5) is 4.68. The van der Waals surface area contributed by atoms with Crippen molar-refractivity contribution < 1.29 is 0 Å².